The van der Waals surface area contributed by atoms with Crippen LogP contribution in [0.1, 0.15) is 52.4 Å². The number of rotatable bonds is 9. The molecule has 0 bridgehead atoms. The summed E-state index contributed by atoms with van der Waals surface area (Å²) in [5.74, 6) is 1.04. The van der Waals surface area contributed by atoms with Crippen molar-refractivity contribution < 1.29 is 8.42 Å². The maximum atomic E-state index is 11.7. The Hall–Kier alpha value is -0.820. The molecule has 22 heavy (non-hydrogen) atoms. The molecule has 0 saturated carbocycles. The van der Waals surface area contributed by atoms with Crippen LogP contribution in [-0.2, 0) is 10.0 Å². The molecule has 0 amide bonds. The Morgan fingerprint density at radius 1 is 1.32 bits per heavy atom. The van der Waals surface area contributed by atoms with Gasteiger partial charge in [0.1, 0.15) is 0 Å². The predicted octanol–water partition coefficient (Wildman–Crippen LogP) is 1.55. The third-order valence-corrected chi connectivity index (χ3v) is 5.91. The lowest BCUT2D eigenvalue weighted by molar-refractivity contribution is 0.444. The SMILES string of the molecule is CCCCCCC(C)NC(=NC)NCCN1CCCS1(=O)=O. The third kappa shape index (κ3) is 6.96. The van der Waals surface area contributed by atoms with Gasteiger partial charge in [0, 0.05) is 32.7 Å². The van der Waals surface area contributed by atoms with Gasteiger partial charge in [0.05, 0.1) is 5.75 Å². The average Bonchev–Trinajstić information content (AvgIpc) is 2.81. The van der Waals surface area contributed by atoms with Crippen molar-refractivity contribution in [3.8, 4) is 0 Å². The van der Waals surface area contributed by atoms with Crippen molar-refractivity contribution in [1.82, 2.24) is 14.9 Å². The zero-order valence-electron chi connectivity index (χ0n) is 14.3. The van der Waals surface area contributed by atoms with Crippen molar-refractivity contribution in [2.24, 2.45) is 4.99 Å². The Balaban J connectivity index is 2.22. The molecular formula is C15H32N4O2S. The van der Waals surface area contributed by atoms with Crippen LogP contribution in [0.15, 0.2) is 4.99 Å². The summed E-state index contributed by atoms with van der Waals surface area (Å²) in [5.41, 5.74) is 0. The predicted molar refractivity (Wildman–Crippen MR) is 92.7 cm³/mol. The molecule has 2 N–H and O–H groups in total. The lowest BCUT2D eigenvalue weighted by atomic mass is 10.1. The van der Waals surface area contributed by atoms with Gasteiger partial charge in [-0.25, -0.2) is 12.7 Å². The van der Waals surface area contributed by atoms with Crippen LogP contribution in [0.2, 0.25) is 0 Å². The first-order chi connectivity index (χ1) is 10.5. The molecule has 1 fully saturated rings. The highest BCUT2D eigenvalue weighted by Gasteiger charge is 2.27. The summed E-state index contributed by atoms with van der Waals surface area (Å²) in [7, 11) is -1.26. The van der Waals surface area contributed by atoms with E-state index in [1.807, 2.05) is 0 Å². The first kappa shape index (κ1) is 19.2. The summed E-state index contributed by atoms with van der Waals surface area (Å²) < 4.78 is 25.0. The van der Waals surface area contributed by atoms with E-state index >= 15 is 0 Å². The van der Waals surface area contributed by atoms with Gasteiger partial charge in [-0.05, 0) is 19.8 Å². The number of nitrogens with one attached hydrogen (secondary N) is 2. The highest BCUT2D eigenvalue weighted by atomic mass is 32.2. The minimum absolute atomic E-state index is 0.286. The Morgan fingerprint density at radius 2 is 2.09 bits per heavy atom. The van der Waals surface area contributed by atoms with Gasteiger partial charge in [-0.3, -0.25) is 4.99 Å². The fraction of sp³-hybridized carbons (Fsp3) is 0.933. The van der Waals surface area contributed by atoms with E-state index in [0.29, 0.717) is 25.7 Å². The molecule has 0 radical (unpaired) electrons. The second-order valence-electron chi connectivity index (χ2n) is 5.96. The summed E-state index contributed by atoms with van der Waals surface area (Å²) in [6.45, 7) is 6.11. The van der Waals surface area contributed by atoms with Crippen molar-refractivity contribution in [3.63, 3.8) is 0 Å². The first-order valence-electron chi connectivity index (χ1n) is 8.44. The molecule has 1 heterocycles. The maximum absolute atomic E-state index is 11.7. The van der Waals surface area contributed by atoms with Crippen molar-refractivity contribution in [2.45, 2.75) is 58.4 Å². The molecular weight excluding hydrogens is 300 g/mol. The van der Waals surface area contributed by atoms with Crippen LogP contribution >= 0.6 is 0 Å². The van der Waals surface area contributed by atoms with E-state index in [2.05, 4.69) is 29.5 Å². The van der Waals surface area contributed by atoms with Crippen molar-refractivity contribution >= 4 is 16.0 Å². The molecule has 130 valence electrons. The number of hydrogen-bond acceptors (Lipinski definition) is 3. The van der Waals surface area contributed by atoms with Gasteiger partial charge < -0.3 is 10.6 Å². The Kier molecular flexibility index (Phi) is 8.78. The van der Waals surface area contributed by atoms with Crippen LogP contribution in [0, 0.1) is 0 Å². The van der Waals surface area contributed by atoms with E-state index in [1.54, 1.807) is 11.4 Å². The van der Waals surface area contributed by atoms with Crippen molar-refractivity contribution in [2.75, 3.05) is 32.4 Å². The van der Waals surface area contributed by atoms with Gasteiger partial charge in [-0.2, -0.15) is 0 Å². The number of aliphatic imine (C=N–C) groups is 1. The molecule has 1 aliphatic rings. The molecule has 0 aliphatic carbocycles. The first-order valence-corrected chi connectivity index (χ1v) is 10.1. The number of guanidine groups is 1. The number of hydrogen-bond donors (Lipinski definition) is 2. The highest BCUT2D eigenvalue weighted by Crippen LogP contribution is 2.11. The fourth-order valence-electron chi connectivity index (χ4n) is 2.62. The van der Waals surface area contributed by atoms with Gasteiger partial charge in [0.15, 0.2) is 5.96 Å². The van der Waals surface area contributed by atoms with E-state index in [1.165, 1.54) is 25.7 Å². The molecule has 0 spiro atoms. The summed E-state index contributed by atoms with van der Waals surface area (Å²) in [4.78, 5) is 4.20. The molecule has 0 aromatic rings. The molecule has 0 aromatic heterocycles. The standard InChI is InChI=1S/C15H32N4O2S/c1-4-5-6-7-9-14(2)18-15(16-3)17-10-12-19-11-8-13-22(19,20)21/h14H,4-13H2,1-3H3,(H2,16,17,18). The maximum Gasteiger partial charge on any atom is 0.214 e. The molecule has 1 atom stereocenters. The molecule has 1 aliphatic heterocycles. The minimum atomic E-state index is -3.00. The second-order valence-corrected chi connectivity index (χ2v) is 8.05. The fourth-order valence-corrected chi connectivity index (χ4v) is 4.15. The van der Waals surface area contributed by atoms with Gasteiger partial charge in [-0.15, -0.1) is 0 Å². The van der Waals surface area contributed by atoms with Gasteiger partial charge in [0.25, 0.3) is 0 Å². The van der Waals surface area contributed by atoms with Crippen molar-refractivity contribution in [1.29, 1.82) is 0 Å². The average molecular weight is 333 g/mol. The minimum Gasteiger partial charge on any atom is -0.355 e. The number of sulfonamides is 1. The van der Waals surface area contributed by atoms with Crippen LogP contribution in [-0.4, -0.2) is 57.2 Å². The molecule has 6 nitrogen and oxygen atoms in total. The Morgan fingerprint density at radius 3 is 2.68 bits per heavy atom. The second kappa shape index (κ2) is 10.0. The van der Waals surface area contributed by atoms with E-state index in [4.69, 9.17) is 0 Å². The monoisotopic (exact) mass is 332 g/mol. The third-order valence-electron chi connectivity index (χ3n) is 3.95. The van der Waals surface area contributed by atoms with Crippen molar-refractivity contribution in [3.05, 3.63) is 0 Å². The number of unbranched alkanes of at least 4 members (excludes halogenated alkanes) is 3. The van der Waals surface area contributed by atoms with Gasteiger partial charge in [-0.1, -0.05) is 32.6 Å². The summed E-state index contributed by atoms with van der Waals surface area (Å²) >= 11 is 0. The van der Waals surface area contributed by atoms with Crippen LogP contribution in [0.3, 0.4) is 0 Å². The van der Waals surface area contributed by atoms with Gasteiger partial charge in [0.2, 0.25) is 10.0 Å². The zero-order valence-corrected chi connectivity index (χ0v) is 15.1. The lowest BCUT2D eigenvalue weighted by Gasteiger charge is -2.19. The highest BCUT2D eigenvalue weighted by molar-refractivity contribution is 7.89. The molecule has 1 saturated heterocycles. The van der Waals surface area contributed by atoms with Gasteiger partial charge >= 0.3 is 0 Å². The smallest absolute Gasteiger partial charge is 0.214 e. The molecule has 1 unspecified atom stereocenters. The topological polar surface area (TPSA) is 73.8 Å². The summed E-state index contributed by atoms with van der Waals surface area (Å²) in [5, 5.41) is 6.56. The molecule has 0 aromatic carbocycles. The Bertz CT molecular complexity index is 437. The lowest BCUT2D eigenvalue weighted by Crippen LogP contribution is -2.45. The van der Waals surface area contributed by atoms with Crippen LogP contribution in [0.5, 0.6) is 0 Å². The number of nitrogens with zero attached hydrogens (tertiary/aromatic N) is 2. The quantitative estimate of drug-likeness (QED) is 0.382. The zero-order chi connectivity index (χ0) is 16.4. The normalized spacial score (nSPS) is 20.0. The Labute approximate surface area is 135 Å². The van der Waals surface area contributed by atoms with E-state index in [-0.39, 0.29) is 5.75 Å². The van der Waals surface area contributed by atoms with Crippen LogP contribution < -0.4 is 10.6 Å². The molecule has 1 rings (SSSR count). The summed E-state index contributed by atoms with van der Waals surface area (Å²) in [6.07, 6.45) is 6.92. The molecule has 7 heteroatoms. The van der Waals surface area contributed by atoms with Crippen LogP contribution in [0.4, 0.5) is 0 Å². The van der Waals surface area contributed by atoms with E-state index in [0.717, 1.165) is 18.8 Å². The summed E-state index contributed by atoms with van der Waals surface area (Å²) in [6, 6.07) is 0.374. The largest absolute Gasteiger partial charge is 0.355 e. The van der Waals surface area contributed by atoms with E-state index < -0.39 is 10.0 Å². The van der Waals surface area contributed by atoms with E-state index in [9.17, 15) is 8.42 Å². The van der Waals surface area contributed by atoms with Crippen LogP contribution in [0.25, 0.3) is 0 Å².